The number of nitrogens with zero attached hydrogens (tertiary/aromatic N) is 4. The SMILES string of the molecule is c1cncc(-c2ccnc(NCCc3ccncc3)n2)c1. The fraction of sp³-hybridized carbons (Fsp3) is 0.125. The molecule has 104 valence electrons. The Kier molecular flexibility index (Phi) is 4.12. The Morgan fingerprint density at radius 1 is 0.905 bits per heavy atom. The van der Waals surface area contributed by atoms with Crippen LogP contribution in [0.1, 0.15) is 5.56 Å². The van der Waals surface area contributed by atoms with Crippen LogP contribution < -0.4 is 5.32 Å². The van der Waals surface area contributed by atoms with Crippen molar-refractivity contribution in [2.45, 2.75) is 6.42 Å². The van der Waals surface area contributed by atoms with Crippen molar-refractivity contribution < 1.29 is 0 Å². The standard InChI is InChI=1S/C16H15N5/c1-2-14(12-18-7-1)15-6-11-20-16(21-15)19-10-5-13-3-8-17-9-4-13/h1-4,6-9,11-12H,5,10H2,(H,19,20,21). The molecule has 0 aromatic carbocycles. The molecule has 0 spiro atoms. The van der Waals surface area contributed by atoms with Crippen molar-refractivity contribution in [1.82, 2.24) is 19.9 Å². The van der Waals surface area contributed by atoms with E-state index in [1.54, 1.807) is 31.0 Å². The largest absolute Gasteiger partial charge is 0.354 e. The molecule has 0 amide bonds. The van der Waals surface area contributed by atoms with Crippen molar-refractivity contribution in [3.8, 4) is 11.3 Å². The fourth-order valence-electron chi connectivity index (χ4n) is 1.99. The number of rotatable bonds is 5. The molecule has 0 fully saturated rings. The van der Waals surface area contributed by atoms with Gasteiger partial charge in [0.2, 0.25) is 5.95 Å². The first-order valence-electron chi connectivity index (χ1n) is 6.78. The highest BCUT2D eigenvalue weighted by Crippen LogP contribution is 2.15. The van der Waals surface area contributed by atoms with Crippen molar-refractivity contribution in [3.63, 3.8) is 0 Å². The van der Waals surface area contributed by atoms with Crippen molar-refractivity contribution in [2.24, 2.45) is 0 Å². The van der Waals surface area contributed by atoms with E-state index in [1.807, 2.05) is 30.3 Å². The fourth-order valence-corrected chi connectivity index (χ4v) is 1.99. The molecule has 5 heteroatoms. The molecular formula is C16H15N5. The first-order valence-corrected chi connectivity index (χ1v) is 6.78. The molecule has 3 aromatic rings. The number of nitrogens with one attached hydrogen (secondary N) is 1. The Hall–Kier alpha value is -2.82. The maximum atomic E-state index is 4.50. The van der Waals surface area contributed by atoms with Crippen molar-refractivity contribution in [2.75, 3.05) is 11.9 Å². The van der Waals surface area contributed by atoms with Crippen LogP contribution in [0.3, 0.4) is 0 Å². The van der Waals surface area contributed by atoms with E-state index in [4.69, 9.17) is 0 Å². The third-order valence-corrected chi connectivity index (χ3v) is 3.06. The molecule has 0 aliphatic heterocycles. The molecular weight excluding hydrogens is 262 g/mol. The monoisotopic (exact) mass is 277 g/mol. The summed E-state index contributed by atoms with van der Waals surface area (Å²) >= 11 is 0. The van der Waals surface area contributed by atoms with Gasteiger partial charge >= 0.3 is 0 Å². The number of hydrogen-bond acceptors (Lipinski definition) is 5. The summed E-state index contributed by atoms with van der Waals surface area (Å²) in [6.07, 6.45) is 9.80. The number of pyridine rings is 2. The van der Waals surface area contributed by atoms with E-state index in [1.165, 1.54) is 5.56 Å². The Labute approximate surface area is 123 Å². The number of anilines is 1. The summed E-state index contributed by atoms with van der Waals surface area (Å²) in [6, 6.07) is 9.78. The number of aromatic nitrogens is 4. The Bertz CT molecular complexity index is 685. The lowest BCUT2D eigenvalue weighted by molar-refractivity contribution is 0.980. The van der Waals surface area contributed by atoms with E-state index in [2.05, 4.69) is 25.3 Å². The molecule has 5 nitrogen and oxygen atoms in total. The Morgan fingerprint density at radius 2 is 1.81 bits per heavy atom. The predicted octanol–water partition coefficient (Wildman–Crippen LogP) is 2.59. The van der Waals surface area contributed by atoms with Crippen molar-refractivity contribution in [3.05, 3.63) is 66.9 Å². The van der Waals surface area contributed by atoms with Crippen LogP contribution in [0.4, 0.5) is 5.95 Å². The molecule has 0 saturated carbocycles. The van der Waals surface area contributed by atoms with Gasteiger partial charge in [0.25, 0.3) is 0 Å². The van der Waals surface area contributed by atoms with Crippen LogP contribution in [0, 0.1) is 0 Å². The van der Waals surface area contributed by atoms with Gasteiger partial charge in [-0.2, -0.15) is 0 Å². The molecule has 0 aliphatic carbocycles. The van der Waals surface area contributed by atoms with E-state index < -0.39 is 0 Å². The van der Waals surface area contributed by atoms with Gasteiger partial charge < -0.3 is 5.32 Å². The average Bonchev–Trinajstić information content (AvgIpc) is 2.57. The first kappa shape index (κ1) is 13.2. The summed E-state index contributed by atoms with van der Waals surface area (Å²) in [5.41, 5.74) is 3.09. The third kappa shape index (κ3) is 3.60. The van der Waals surface area contributed by atoms with Gasteiger partial charge in [-0.05, 0) is 42.3 Å². The van der Waals surface area contributed by atoms with Gasteiger partial charge in [-0.15, -0.1) is 0 Å². The molecule has 3 heterocycles. The van der Waals surface area contributed by atoms with Gasteiger partial charge in [-0.1, -0.05) is 0 Å². The molecule has 1 N–H and O–H groups in total. The molecule has 0 aliphatic rings. The second-order valence-electron chi connectivity index (χ2n) is 4.54. The maximum Gasteiger partial charge on any atom is 0.223 e. The topological polar surface area (TPSA) is 63.6 Å². The zero-order chi connectivity index (χ0) is 14.3. The van der Waals surface area contributed by atoms with Crippen LogP contribution in [0.5, 0.6) is 0 Å². The molecule has 0 unspecified atom stereocenters. The molecule has 3 aromatic heterocycles. The quantitative estimate of drug-likeness (QED) is 0.776. The summed E-state index contributed by atoms with van der Waals surface area (Å²) in [7, 11) is 0. The molecule has 21 heavy (non-hydrogen) atoms. The summed E-state index contributed by atoms with van der Waals surface area (Å²) in [5, 5.41) is 3.24. The lowest BCUT2D eigenvalue weighted by Crippen LogP contribution is -2.08. The molecule has 0 bridgehead atoms. The minimum absolute atomic E-state index is 0.630. The first-order chi connectivity index (χ1) is 10.4. The van der Waals surface area contributed by atoms with Crippen LogP contribution in [0.15, 0.2) is 61.3 Å². The van der Waals surface area contributed by atoms with Crippen LogP contribution in [-0.2, 0) is 6.42 Å². The minimum atomic E-state index is 0.630. The highest BCUT2D eigenvalue weighted by atomic mass is 15.1. The summed E-state index contributed by atoms with van der Waals surface area (Å²) in [5.74, 6) is 0.630. The van der Waals surface area contributed by atoms with E-state index in [-0.39, 0.29) is 0 Å². The van der Waals surface area contributed by atoms with Gasteiger partial charge in [-0.25, -0.2) is 9.97 Å². The van der Waals surface area contributed by atoms with Gasteiger partial charge in [-0.3, -0.25) is 9.97 Å². The second kappa shape index (κ2) is 6.56. The summed E-state index contributed by atoms with van der Waals surface area (Å²) in [6.45, 7) is 0.778. The zero-order valence-electron chi connectivity index (χ0n) is 11.5. The van der Waals surface area contributed by atoms with Gasteiger partial charge in [0.05, 0.1) is 5.69 Å². The van der Waals surface area contributed by atoms with E-state index in [0.29, 0.717) is 5.95 Å². The average molecular weight is 277 g/mol. The lowest BCUT2D eigenvalue weighted by atomic mass is 10.2. The zero-order valence-corrected chi connectivity index (χ0v) is 11.5. The Balaban J connectivity index is 1.64. The molecule has 0 atom stereocenters. The predicted molar refractivity (Wildman–Crippen MR) is 81.7 cm³/mol. The van der Waals surface area contributed by atoms with Crippen molar-refractivity contribution in [1.29, 1.82) is 0 Å². The normalized spacial score (nSPS) is 10.3. The highest BCUT2D eigenvalue weighted by Gasteiger charge is 2.01. The third-order valence-electron chi connectivity index (χ3n) is 3.06. The molecule has 0 radical (unpaired) electrons. The van der Waals surface area contributed by atoms with Gasteiger partial charge in [0, 0.05) is 43.1 Å². The van der Waals surface area contributed by atoms with E-state index >= 15 is 0 Å². The molecule has 0 saturated heterocycles. The van der Waals surface area contributed by atoms with Crippen LogP contribution >= 0.6 is 0 Å². The summed E-state index contributed by atoms with van der Waals surface area (Å²) in [4.78, 5) is 16.9. The van der Waals surface area contributed by atoms with Crippen LogP contribution in [0.25, 0.3) is 11.3 Å². The lowest BCUT2D eigenvalue weighted by Gasteiger charge is -2.06. The van der Waals surface area contributed by atoms with Crippen LogP contribution in [-0.4, -0.2) is 26.5 Å². The minimum Gasteiger partial charge on any atom is -0.354 e. The second-order valence-corrected chi connectivity index (χ2v) is 4.54. The maximum absolute atomic E-state index is 4.50. The Morgan fingerprint density at radius 3 is 2.62 bits per heavy atom. The summed E-state index contributed by atoms with van der Waals surface area (Å²) < 4.78 is 0. The van der Waals surface area contributed by atoms with Crippen LogP contribution in [0.2, 0.25) is 0 Å². The van der Waals surface area contributed by atoms with Gasteiger partial charge in [0.15, 0.2) is 0 Å². The van der Waals surface area contributed by atoms with Gasteiger partial charge in [0.1, 0.15) is 0 Å². The number of hydrogen-bond donors (Lipinski definition) is 1. The highest BCUT2D eigenvalue weighted by molar-refractivity contribution is 5.58. The van der Waals surface area contributed by atoms with E-state index in [0.717, 1.165) is 24.2 Å². The molecule has 3 rings (SSSR count). The smallest absolute Gasteiger partial charge is 0.223 e. The van der Waals surface area contributed by atoms with E-state index in [9.17, 15) is 0 Å². The van der Waals surface area contributed by atoms with Crippen molar-refractivity contribution >= 4 is 5.95 Å².